The average Bonchev–Trinajstić information content (AvgIpc) is 2.96. The maximum absolute atomic E-state index is 13.7. The summed E-state index contributed by atoms with van der Waals surface area (Å²) in [4.78, 5) is 4.17. The van der Waals surface area contributed by atoms with Gasteiger partial charge in [-0.15, -0.1) is 24.0 Å². The summed E-state index contributed by atoms with van der Waals surface area (Å²) in [6, 6.07) is 4.07. The highest BCUT2D eigenvalue weighted by Gasteiger charge is 2.14. The third-order valence-corrected chi connectivity index (χ3v) is 3.64. The molecule has 2 N–H and O–H groups in total. The van der Waals surface area contributed by atoms with Crippen molar-refractivity contribution >= 4 is 29.9 Å². The predicted molar refractivity (Wildman–Crippen MR) is 96.8 cm³/mol. The van der Waals surface area contributed by atoms with E-state index in [4.69, 9.17) is 0 Å². The topological polar surface area (TPSA) is 36.4 Å². The van der Waals surface area contributed by atoms with Crippen LogP contribution in [0.15, 0.2) is 35.3 Å². The minimum Gasteiger partial charge on any atom is -0.356 e. The fourth-order valence-electron chi connectivity index (χ4n) is 2.38. The molecule has 1 aromatic carbocycles. The molecule has 0 bridgehead atoms. The third kappa shape index (κ3) is 5.23. The van der Waals surface area contributed by atoms with Gasteiger partial charge in [0.05, 0.1) is 0 Å². The van der Waals surface area contributed by atoms with Crippen molar-refractivity contribution in [3.05, 3.63) is 47.5 Å². The van der Waals surface area contributed by atoms with Gasteiger partial charge in [0.15, 0.2) is 5.96 Å². The highest BCUT2D eigenvalue weighted by Crippen LogP contribution is 2.19. The predicted octanol–water partition coefficient (Wildman–Crippen LogP) is 3.57. The molecule has 1 unspecified atom stereocenters. The molecule has 0 radical (unpaired) electrons. The summed E-state index contributed by atoms with van der Waals surface area (Å²) in [5.74, 6) is -0.432. The van der Waals surface area contributed by atoms with Crippen molar-refractivity contribution in [1.82, 2.24) is 10.6 Å². The van der Waals surface area contributed by atoms with E-state index in [2.05, 4.69) is 27.8 Å². The fraction of sp³-hybridized carbons (Fsp3) is 0.438. The van der Waals surface area contributed by atoms with Gasteiger partial charge in [-0.1, -0.05) is 25.1 Å². The van der Waals surface area contributed by atoms with Crippen LogP contribution in [-0.2, 0) is 0 Å². The summed E-state index contributed by atoms with van der Waals surface area (Å²) in [7, 11) is 1.71. The second kappa shape index (κ2) is 9.07. The highest BCUT2D eigenvalue weighted by atomic mass is 127. The van der Waals surface area contributed by atoms with E-state index in [1.54, 1.807) is 7.05 Å². The number of rotatable bonds is 4. The fourth-order valence-corrected chi connectivity index (χ4v) is 2.38. The molecular formula is C16H22F2IN3. The molecule has 2 rings (SSSR count). The molecule has 1 aliphatic rings. The number of hydrogen-bond donors (Lipinski definition) is 2. The Kier molecular flexibility index (Phi) is 7.78. The van der Waals surface area contributed by atoms with Crippen LogP contribution >= 0.6 is 24.0 Å². The first kappa shape index (κ1) is 18.9. The molecule has 0 heterocycles. The first-order chi connectivity index (χ1) is 10.1. The molecule has 0 spiro atoms. The number of nitrogens with zero attached hydrogens (tertiary/aromatic N) is 1. The summed E-state index contributed by atoms with van der Waals surface area (Å²) >= 11 is 0. The second-order valence-corrected chi connectivity index (χ2v) is 5.30. The van der Waals surface area contributed by atoms with Crippen molar-refractivity contribution in [3.8, 4) is 0 Å². The zero-order chi connectivity index (χ0) is 15.2. The van der Waals surface area contributed by atoms with Crippen molar-refractivity contribution in [3.63, 3.8) is 0 Å². The molecule has 0 fully saturated rings. The minimum atomic E-state index is -0.553. The highest BCUT2D eigenvalue weighted by molar-refractivity contribution is 14.0. The van der Waals surface area contributed by atoms with E-state index in [1.165, 1.54) is 12.1 Å². The van der Waals surface area contributed by atoms with Crippen molar-refractivity contribution in [2.75, 3.05) is 13.6 Å². The zero-order valence-electron chi connectivity index (χ0n) is 12.8. The number of guanidine groups is 1. The lowest BCUT2D eigenvalue weighted by molar-refractivity contribution is 0.554. The van der Waals surface area contributed by atoms with Crippen LogP contribution in [0, 0.1) is 11.6 Å². The Hall–Kier alpha value is -1.18. The first-order valence-electron chi connectivity index (χ1n) is 7.17. The molecule has 0 saturated heterocycles. The van der Waals surface area contributed by atoms with Gasteiger partial charge in [-0.25, -0.2) is 8.78 Å². The average molecular weight is 421 g/mol. The Morgan fingerprint density at radius 2 is 2.00 bits per heavy atom. The summed E-state index contributed by atoms with van der Waals surface area (Å²) in [6.45, 7) is 2.43. The molecule has 3 nitrogen and oxygen atoms in total. The van der Waals surface area contributed by atoms with E-state index in [-0.39, 0.29) is 29.9 Å². The van der Waals surface area contributed by atoms with Gasteiger partial charge >= 0.3 is 0 Å². The van der Waals surface area contributed by atoms with Crippen molar-refractivity contribution in [1.29, 1.82) is 0 Å². The van der Waals surface area contributed by atoms with E-state index in [0.717, 1.165) is 18.9 Å². The SMILES string of the molecule is CN=C(NCC(C)c1ccc(F)cc1F)NC1CC=CC1.I. The lowest BCUT2D eigenvalue weighted by atomic mass is 10.0. The Labute approximate surface area is 147 Å². The molecular weight excluding hydrogens is 399 g/mol. The van der Waals surface area contributed by atoms with Crippen molar-refractivity contribution < 1.29 is 8.78 Å². The van der Waals surface area contributed by atoms with Gasteiger partial charge in [0.1, 0.15) is 11.6 Å². The smallest absolute Gasteiger partial charge is 0.191 e. The van der Waals surface area contributed by atoms with Gasteiger partial charge in [-0.3, -0.25) is 4.99 Å². The van der Waals surface area contributed by atoms with E-state index in [0.29, 0.717) is 24.1 Å². The van der Waals surface area contributed by atoms with Crippen LogP contribution in [0.5, 0.6) is 0 Å². The van der Waals surface area contributed by atoms with Crippen molar-refractivity contribution in [2.45, 2.75) is 31.7 Å². The lowest BCUT2D eigenvalue weighted by Crippen LogP contribution is -2.43. The van der Waals surface area contributed by atoms with Gasteiger partial charge in [0.25, 0.3) is 0 Å². The van der Waals surface area contributed by atoms with Crippen LogP contribution < -0.4 is 10.6 Å². The lowest BCUT2D eigenvalue weighted by Gasteiger charge is -2.19. The molecule has 1 aromatic rings. The van der Waals surface area contributed by atoms with Crippen LogP contribution in [0.4, 0.5) is 8.78 Å². The number of aliphatic imine (C=N–C) groups is 1. The minimum absolute atomic E-state index is 0. The van der Waals surface area contributed by atoms with Gasteiger partial charge in [0.2, 0.25) is 0 Å². The van der Waals surface area contributed by atoms with Crippen LogP contribution in [0.2, 0.25) is 0 Å². The molecule has 122 valence electrons. The van der Waals surface area contributed by atoms with Crippen LogP contribution in [0.3, 0.4) is 0 Å². The summed E-state index contributed by atoms with van der Waals surface area (Å²) in [6.07, 6.45) is 6.26. The molecule has 0 aliphatic heterocycles. The molecule has 6 heteroatoms. The van der Waals surface area contributed by atoms with Gasteiger partial charge < -0.3 is 10.6 Å². The number of nitrogens with one attached hydrogen (secondary N) is 2. The van der Waals surface area contributed by atoms with Crippen molar-refractivity contribution in [2.24, 2.45) is 4.99 Å². The standard InChI is InChI=1S/C16H21F2N3.HI/c1-11(14-8-7-12(17)9-15(14)18)10-20-16(19-2)21-13-5-3-4-6-13;/h3-4,7-9,11,13H,5-6,10H2,1-2H3,(H2,19,20,21);1H. The molecule has 1 aliphatic carbocycles. The summed E-state index contributed by atoms with van der Waals surface area (Å²) in [5.41, 5.74) is 0.502. The Balaban J connectivity index is 0.00000242. The monoisotopic (exact) mass is 421 g/mol. The Bertz CT molecular complexity index is 538. The number of hydrogen-bond acceptors (Lipinski definition) is 1. The van der Waals surface area contributed by atoms with E-state index in [1.807, 2.05) is 6.92 Å². The maximum atomic E-state index is 13.7. The van der Waals surface area contributed by atoms with Crippen LogP contribution in [-0.4, -0.2) is 25.6 Å². The van der Waals surface area contributed by atoms with Crippen LogP contribution in [0.25, 0.3) is 0 Å². The van der Waals surface area contributed by atoms with Crippen LogP contribution in [0.1, 0.15) is 31.2 Å². The second-order valence-electron chi connectivity index (χ2n) is 5.30. The van der Waals surface area contributed by atoms with E-state index < -0.39 is 11.6 Å². The van der Waals surface area contributed by atoms with E-state index >= 15 is 0 Å². The Morgan fingerprint density at radius 3 is 2.59 bits per heavy atom. The first-order valence-corrected chi connectivity index (χ1v) is 7.17. The van der Waals surface area contributed by atoms with Gasteiger partial charge in [-0.2, -0.15) is 0 Å². The zero-order valence-corrected chi connectivity index (χ0v) is 15.1. The maximum Gasteiger partial charge on any atom is 0.191 e. The number of benzene rings is 1. The summed E-state index contributed by atoms with van der Waals surface area (Å²) in [5, 5.41) is 6.51. The molecule has 0 saturated carbocycles. The quantitative estimate of drug-likeness (QED) is 0.338. The number of halogens is 3. The molecule has 1 atom stereocenters. The molecule has 0 amide bonds. The molecule has 0 aromatic heterocycles. The third-order valence-electron chi connectivity index (χ3n) is 3.64. The normalized spacial score (nSPS) is 16.3. The summed E-state index contributed by atoms with van der Waals surface area (Å²) < 4.78 is 26.6. The molecule has 22 heavy (non-hydrogen) atoms. The largest absolute Gasteiger partial charge is 0.356 e. The Morgan fingerprint density at radius 1 is 1.32 bits per heavy atom. The van der Waals surface area contributed by atoms with Gasteiger partial charge in [-0.05, 0) is 24.5 Å². The van der Waals surface area contributed by atoms with Gasteiger partial charge in [0, 0.05) is 31.6 Å². The van der Waals surface area contributed by atoms with E-state index in [9.17, 15) is 8.78 Å².